The first kappa shape index (κ1) is 12.8. The highest BCUT2D eigenvalue weighted by molar-refractivity contribution is 5.87. The van der Waals surface area contributed by atoms with E-state index in [-0.39, 0.29) is 5.69 Å². The molecule has 0 fully saturated rings. The highest BCUT2D eigenvalue weighted by Gasteiger charge is 2.10. The van der Waals surface area contributed by atoms with Gasteiger partial charge in [-0.2, -0.15) is 10.4 Å². The van der Waals surface area contributed by atoms with Crippen molar-refractivity contribution < 1.29 is 9.53 Å². The van der Waals surface area contributed by atoms with Crippen molar-refractivity contribution >= 4 is 5.97 Å². The van der Waals surface area contributed by atoms with Crippen molar-refractivity contribution in [2.45, 2.75) is 13.3 Å². The maximum Gasteiger partial charge on any atom is 0.358 e. The molecule has 1 aromatic carbocycles. The first-order valence-corrected chi connectivity index (χ1v) is 5.93. The highest BCUT2D eigenvalue weighted by atomic mass is 16.5. The molecule has 96 valence electrons. The Hall–Kier alpha value is -2.61. The zero-order valence-electron chi connectivity index (χ0n) is 10.5. The summed E-state index contributed by atoms with van der Waals surface area (Å²) in [6, 6.07) is 11.1. The van der Waals surface area contributed by atoms with E-state index >= 15 is 0 Å². The average Bonchev–Trinajstić information content (AvgIpc) is 2.90. The van der Waals surface area contributed by atoms with Gasteiger partial charge in [-0.15, -0.1) is 0 Å². The van der Waals surface area contributed by atoms with E-state index < -0.39 is 5.97 Å². The molecule has 0 unspecified atom stereocenters. The van der Waals surface area contributed by atoms with Gasteiger partial charge in [0.05, 0.1) is 24.8 Å². The summed E-state index contributed by atoms with van der Waals surface area (Å²) in [7, 11) is 0. The molecule has 0 bridgehead atoms. The fraction of sp³-hybridized carbons (Fsp3) is 0.214. The van der Waals surface area contributed by atoms with Crippen LogP contribution in [0.5, 0.6) is 0 Å². The van der Waals surface area contributed by atoms with Crippen LogP contribution in [0.25, 0.3) is 5.69 Å². The lowest BCUT2D eigenvalue weighted by atomic mass is 10.1. The first-order chi connectivity index (χ1) is 9.24. The number of rotatable bonds is 4. The molecule has 0 saturated heterocycles. The Balaban J connectivity index is 2.18. The van der Waals surface area contributed by atoms with Gasteiger partial charge in [0.1, 0.15) is 0 Å². The van der Waals surface area contributed by atoms with Gasteiger partial charge in [0, 0.05) is 6.20 Å². The zero-order valence-corrected chi connectivity index (χ0v) is 10.5. The second-order valence-electron chi connectivity index (χ2n) is 3.87. The van der Waals surface area contributed by atoms with Crippen LogP contribution in [0.1, 0.15) is 23.0 Å². The van der Waals surface area contributed by atoms with Crippen molar-refractivity contribution in [2.75, 3.05) is 6.61 Å². The molecule has 0 aliphatic rings. The number of aromatic nitrogens is 2. The van der Waals surface area contributed by atoms with E-state index in [1.807, 2.05) is 24.3 Å². The molecule has 2 rings (SSSR count). The van der Waals surface area contributed by atoms with Gasteiger partial charge in [-0.3, -0.25) is 0 Å². The van der Waals surface area contributed by atoms with Crippen molar-refractivity contribution in [3.8, 4) is 11.8 Å². The van der Waals surface area contributed by atoms with Gasteiger partial charge in [0.25, 0.3) is 0 Å². The Morgan fingerprint density at radius 3 is 2.74 bits per heavy atom. The Morgan fingerprint density at radius 2 is 2.11 bits per heavy atom. The molecule has 2 aromatic rings. The van der Waals surface area contributed by atoms with Crippen molar-refractivity contribution in [1.82, 2.24) is 9.78 Å². The average molecular weight is 255 g/mol. The molecule has 0 N–H and O–H groups in total. The van der Waals surface area contributed by atoms with E-state index in [1.165, 1.54) is 0 Å². The molecular formula is C14H13N3O2. The topological polar surface area (TPSA) is 67.9 Å². The molecule has 0 spiro atoms. The molecule has 0 amide bonds. The van der Waals surface area contributed by atoms with Crippen LogP contribution in [0.3, 0.4) is 0 Å². The number of nitriles is 1. The third-order valence-corrected chi connectivity index (χ3v) is 2.56. The minimum Gasteiger partial charge on any atom is -0.461 e. The Morgan fingerprint density at radius 1 is 1.37 bits per heavy atom. The predicted octanol–water partition coefficient (Wildman–Crippen LogP) is 2.12. The Labute approximate surface area is 111 Å². The van der Waals surface area contributed by atoms with Crippen molar-refractivity contribution in [1.29, 1.82) is 5.26 Å². The SMILES string of the molecule is CCOC(=O)c1ccn(-c2ccc(CC#N)cc2)n1. The molecule has 0 radical (unpaired) electrons. The zero-order chi connectivity index (χ0) is 13.7. The third-order valence-electron chi connectivity index (χ3n) is 2.56. The number of hydrogen-bond acceptors (Lipinski definition) is 4. The van der Waals surface area contributed by atoms with Crippen LogP contribution in [0.15, 0.2) is 36.5 Å². The van der Waals surface area contributed by atoms with E-state index in [1.54, 1.807) is 23.9 Å². The van der Waals surface area contributed by atoms with Gasteiger partial charge in [0.2, 0.25) is 0 Å². The highest BCUT2D eigenvalue weighted by Crippen LogP contribution is 2.10. The number of carbonyl (C=O) groups excluding carboxylic acids is 1. The van der Waals surface area contributed by atoms with Gasteiger partial charge in [-0.25, -0.2) is 9.48 Å². The molecule has 0 aliphatic carbocycles. The normalized spacial score (nSPS) is 9.89. The molecule has 0 aliphatic heterocycles. The summed E-state index contributed by atoms with van der Waals surface area (Å²) >= 11 is 0. The van der Waals surface area contributed by atoms with Crippen molar-refractivity contribution in [2.24, 2.45) is 0 Å². The van der Waals surface area contributed by atoms with E-state index in [0.29, 0.717) is 13.0 Å². The van der Waals surface area contributed by atoms with Crippen molar-refractivity contribution in [3.63, 3.8) is 0 Å². The third kappa shape index (κ3) is 2.99. The molecule has 1 heterocycles. The summed E-state index contributed by atoms with van der Waals surface area (Å²) in [6.45, 7) is 2.08. The Bertz CT molecular complexity index is 608. The van der Waals surface area contributed by atoms with Crippen LogP contribution in [0.4, 0.5) is 0 Å². The first-order valence-electron chi connectivity index (χ1n) is 5.93. The van der Waals surface area contributed by atoms with Gasteiger partial charge >= 0.3 is 5.97 Å². The van der Waals surface area contributed by atoms with Gasteiger partial charge in [-0.1, -0.05) is 12.1 Å². The van der Waals surface area contributed by atoms with Crippen LogP contribution in [-0.4, -0.2) is 22.4 Å². The number of nitrogens with zero attached hydrogens (tertiary/aromatic N) is 3. The summed E-state index contributed by atoms with van der Waals surface area (Å²) in [5.41, 5.74) is 2.06. The number of esters is 1. The largest absolute Gasteiger partial charge is 0.461 e. The van der Waals surface area contributed by atoms with Crippen LogP contribution < -0.4 is 0 Å². The summed E-state index contributed by atoms with van der Waals surface area (Å²) in [4.78, 5) is 11.5. The lowest BCUT2D eigenvalue weighted by Crippen LogP contribution is -2.06. The molecule has 0 atom stereocenters. The lowest BCUT2D eigenvalue weighted by Gasteiger charge is -2.02. The fourth-order valence-electron chi connectivity index (χ4n) is 1.64. The van der Waals surface area contributed by atoms with Gasteiger partial charge < -0.3 is 4.74 Å². The molecule has 5 heteroatoms. The fourth-order valence-corrected chi connectivity index (χ4v) is 1.64. The van der Waals surface area contributed by atoms with Gasteiger partial charge in [-0.05, 0) is 30.7 Å². The number of hydrogen-bond donors (Lipinski definition) is 0. The number of benzene rings is 1. The molecule has 1 aromatic heterocycles. The van der Waals surface area contributed by atoms with Crippen LogP contribution in [-0.2, 0) is 11.2 Å². The summed E-state index contributed by atoms with van der Waals surface area (Å²) < 4.78 is 6.48. The summed E-state index contributed by atoms with van der Waals surface area (Å²) in [5.74, 6) is -0.428. The smallest absolute Gasteiger partial charge is 0.358 e. The van der Waals surface area contributed by atoms with Crippen LogP contribution >= 0.6 is 0 Å². The molecule has 0 saturated carbocycles. The maximum atomic E-state index is 11.5. The van der Waals surface area contributed by atoms with Crippen molar-refractivity contribution in [3.05, 3.63) is 47.8 Å². The molecule has 19 heavy (non-hydrogen) atoms. The van der Waals surface area contributed by atoms with Crippen LogP contribution in [0, 0.1) is 11.3 Å². The minimum atomic E-state index is -0.428. The maximum absolute atomic E-state index is 11.5. The quantitative estimate of drug-likeness (QED) is 0.785. The Kier molecular flexibility index (Phi) is 3.94. The lowest BCUT2D eigenvalue weighted by molar-refractivity contribution is 0.0519. The molecular weight excluding hydrogens is 242 g/mol. The number of ether oxygens (including phenoxy) is 1. The monoisotopic (exact) mass is 255 g/mol. The van der Waals surface area contributed by atoms with E-state index in [0.717, 1.165) is 11.3 Å². The molecule has 5 nitrogen and oxygen atoms in total. The van der Waals surface area contributed by atoms with Crippen LogP contribution in [0.2, 0.25) is 0 Å². The summed E-state index contributed by atoms with van der Waals surface area (Å²) in [5, 5.41) is 12.8. The van der Waals surface area contributed by atoms with E-state index in [9.17, 15) is 4.79 Å². The number of carbonyl (C=O) groups is 1. The predicted molar refractivity (Wildman–Crippen MR) is 68.8 cm³/mol. The van der Waals surface area contributed by atoms with E-state index in [4.69, 9.17) is 10.00 Å². The standard InChI is InChI=1S/C14H13N3O2/c1-2-19-14(18)13-8-10-17(16-13)12-5-3-11(4-6-12)7-9-15/h3-6,8,10H,2,7H2,1H3. The minimum absolute atomic E-state index is 0.281. The van der Waals surface area contributed by atoms with Gasteiger partial charge in [0.15, 0.2) is 5.69 Å². The summed E-state index contributed by atoms with van der Waals surface area (Å²) in [6.07, 6.45) is 2.08. The second-order valence-corrected chi connectivity index (χ2v) is 3.87. The van der Waals surface area contributed by atoms with E-state index in [2.05, 4.69) is 11.2 Å². The second kappa shape index (κ2) is 5.83.